The van der Waals surface area contributed by atoms with Crippen LogP contribution in [0.2, 0.25) is 0 Å². The average molecular weight is 367 g/mol. The van der Waals surface area contributed by atoms with E-state index in [1.807, 2.05) is 12.3 Å². The maximum absolute atomic E-state index is 13.2. The summed E-state index contributed by atoms with van der Waals surface area (Å²) in [5.41, 5.74) is 2.46. The lowest BCUT2D eigenvalue weighted by Crippen LogP contribution is -2.52. The number of amides is 1. The minimum absolute atomic E-state index is 0.241. The minimum Gasteiger partial charge on any atom is -0.353 e. The van der Waals surface area contributed by atoms with E-state index < -0.39 is 0 Å². The molecule has 0 aromatic carbocycles. The highest BCUT2D eigenvalue weighted by Crippen LogP contribution is 2.31. The van der Waals surface area contributed by atoms with Gasteiger partial charge in [-0.3, -0.25) is 14.7 Å². The quantitative estimate of drug-likeness (QED) is 0.788. The van der Waals surface area contributed by atoms with E-state index in [2.05, 4.69) is 50.8 Å². The Morgan fingerprint density at radius 3 is 2.78 bits per heavy atom. The number of carbonyl (C=O) groups excluding carboxylic acids is 1. The third-order valence-corrected chi connectivity index (χ3v) is 6.17. The van der Waals surface area contributed by atoms with E-state index in [0.29, 0.717) is 18.5 Å². The zero-order valence-corrected chi connectivity index (χ0v) is 16.3. The predicted molar refractivity (Wildman–Crippen MR) is 106 cm³/mol. The number of aryl methyl sites for hydroxylation is 1. The second-order valence-electron chi connectivity index (χ2n) is 8.10. The maximum Gasteiger partial charge on any atom is 0.226 e. The number of carbonyl (C=O) groups is 1. The number of aromatic nitrogens is 2. The molecule has 2 aromatic rings. The zero-order chi connectivity index (χ0) is 18.6. The Hall–Kier alpha value is -2.14. The van der Waals surface area contributed by atoms with Crippen LogP contribution in [0.1, 0.15) is 43.4 Å². The smallest absolute Gasteiger partial charge is 0.226 e. The van der Waals surface area contributed by atoms with Crippen LogP contribution in [0.4, 0.5) is 0 Å². The van der Waals surface area contributed by atoms with Crippen LogP contribution in [0, 0.1) is 5.92 Å². The number of hydrogen-bond donors (Lipinski definition) is 0. The normalized spacial score (nSPS) is 21.0. The molecule has 1 aliphatic heterocycles. The molecule has 0 N–H and O–H groups in total. The van der Waals surface area contributed by atoms with Gasteiger partial charge in [-0.2, -0.15) is 0 Å². The molecule has 1 aliphatic carbocycles. The van der Waals surface area contributed by atoms with Crippen LogP contribution in [-0.4, -0.2) is 44.4 Å². The van der Waals surface area contributed by atoms with Crippen molar-refractivity contribution >= 4 is 5.91 Å². The first-order valence-electron chi connectivity index (χ1n) is 10.2. The Morgan fingerprint density at radius 2 is 2.11 bits per heavy atom. The van der Waals surface area contributed by atoms with Gasteiger partial charge in [0.25, 0.3) is 0 Å². The molecule has 1 atom stereocenters. The molecule has 1 unspecified atom stereocenters. The molecule has 5 heteroatoms. The van der Waals surface area contributed by atoms with Gasteiger partial charge < -0.3 is 9.47 Å². The number of piperidine rings is 1. The largest absolute Gasteiger partial charge is 0.353 e. The Morgan fingerprint density at radius 1 is 1.22 bits per heavy atom. The molecule has 5 nitrogen and oxygen atoms in total. The van der Waals surface area contributed by atoms with E-state index in [-0.39, 0.29) is 5.92 Å². The van der Waals surface area contributed by atoms with Gasteiger partial charge in [0.05, 0.1) is 0 Å². The molecule has 1 saturated carbocycles. The third-order valence-electron chi connectivity index (χ3n) is 6.17. The third kappa shape index (κ3) is 4.24. The highest BCUT2D eigenvalue weighted by molar-refractivity contribution is 5.80. The Kier molecular flexibility index (Phi) is 5.58. The van der Waals surface area contributed by atoms with Gasteiger partial charge in [0.2, 0.25) is 5.91 Å². The predicted octanol–water partition coefficient (Wildman–Crippen LogP) is 3.21. The fourth-order valence-electron chi connectivity index (χ4n) is 4.28. The van der Waals surface area contributed by atoms with Gasteiger partial charge in [-0.15, -0.1) is 0 Å². The van der Waals surface area contributed by atoms with E-state index in [1.165, 1.54) is 12.1 Å². The summed E-state index contributed by atoms with van der Waals surface area (Å²) in [6, 6.07) is 8.64. The summed E-state index contributed by atoms with van der Waals surface area (Å²) in [7, 11) is 2.10. The number of rotatable bonds is 6. The molecule has 2 fully saturated rings. The SMILES string of the molecule is Cn1cccc1CN1CCCC(N(Cc2cccnc2)C(=O)C2CCC2)C1. The van der Waals surface area contributed by atoms with Crippen LogP contribution in [-0.2, 0) is 24.9 Å². The number of hydrogen-bond acceptors (Lipinski definition) is 3. The van der Waals surface area contributed by atoms with E-state index in [1.54, 1.807) is 6.20 Å². The van der Waals surface area contributed by atoms with Crippen LogP contribution in [0.25, 0.3) is 0 Å². The molecule has 0 spiro atoms. The van der Waals surface area contributed by atoms with Gasteiger partial charge >= 0.3 is 0 Å². The topological polar surface area (TPSA) is 41.4 Å². The summed E-state index contributed by atoms with van der Waals surface area (Å²) in [5.74, 6) is 0.598. The first-order valence-corrected chi connectivity index (χ1v) is 10.2. The highest BCUT2D eigenvalue weighted by atomic mass is 16.2. The molecular weight excluding hydrogens is 336 g/mol. The number of nitrogens with zero attached hydrogens (tertiary/aromatic N) is 4. The van der Waals surface area contributed by atoms with Crippen molar-refractivity contribution in [3.8, 4) is 0 Å². The van der Waals surface area contributed by atoms with E-state index in [9.17, 15) is 4.79 Å². The van der Waals surface area contributed by atoms with Gasteiger partial charge in [-0.05, 0) is 56.0 Å². The fourth-order valence-corrected chi connectivity index (χ4v) is 4.28. The lowest BCUT2D eigenvalue weighted by molar-refractivity contribution is -0.142. The second-order valence-corrected chi connectivity index (χ2v) is 8.10. The Bertz CT molecular complexity index is 753. The molecule has 1 saturated heterocycles. The van der Waals surface area contributed by atoms with Crippen molar-refractivity contribution in [1.82, 2.24) is 19.4 Å². The Labute approximate surface area is 162 Å². The maximum atomic E-state index is 13.2. The van der Waals surface area contributed by atoms with Crippen molar-refractivity contribution in [2.24, 2.45) is 13.0 Å². The summed E-state index contributed by atoms with van der Waals surface area (Å²) in [4.78, 5) is 22.1. The number of likely N-dealkylation sites (tertiary alicyclic amines) is 1. The lowest BCUT2D eigenvalue weighted by Gasteiger charge is -2.42. The second kappa shape index (κ2) is 8.26. The summed E-state index contributed by atoms with van der Waals surface area (Å²) in [6.45, 7) is 3.72. The Balaban J connectivity index is 1.48. The molecule has 27 heavy (non-hydrogen) atoms. The van der Waals surface area contributed by atoms with Gasteiger partial charge in [-0.25, -0.2) is 0 Å². The van der Waals surface area contributed by atoms with E-state index >= 15 is 0 Å². The van der Waals surface area contributed by atoms with Crippen molar-refractivity contribution in [1.29, 1.82) is 0 Å². The van der Waals surface area contributed by atoms with Crippen LogP contribution >= 0.6 is 0 Å². The summed E-state index contributed by atoms with van der Waals surface area (Å²) in [5, 5.41) is 0. The van der Waals surface area contributed by atoms with E-state index in [0.717, 1.165) is 50.9 Å². The molecular formula is C22H30N4O. The lowest BCUT2D eigenvalue weighted by atomic mass is 9.83. The van der Waals surface area contributed by atoms with Crippen molar-refractivity contribution in [3.63, 3.8) is 0 Å². The van der Waals surface area contributed by atoms with Crippen LogP contribution in [0.5, 0.6) is 0 Å². The van der Waals surface area contributed by atoms with Gasteiger partial charge in [-0.1, -0.05) is 12.5 Å². The monoisotopic (exact) mass is 366 g/mol. The minimum atomic E-state index is 0.241. The highest BCUT2D eigenvalue weighted by Gasteiger charge is 2.35. The molecule has 0 bridgehead atoms. The van der Waals surface area contributed by atoms with Crippen molar-refractivity contribution < 1.29 is 4.79 Å². The van der Waals surface area contributed by atoms with Gasteiger partial charge in [0, 0.05) is 62.9 Å². The van der Waals surface area contributed by atoms with Crippen molar-refractivity contribution in [2.75, 3.05) is 13.1 Å². The molecule has 0 radical (unpaired) electrons. The first-order chi connectivity index (χ1) is 13.2. The van der Waals surface area contributed by atoms with Crippen LogP contribution in [0.3, 0.4) is 0 Å². The van der Waals surface area contributed by atoms with Crippen LogP contribution < -0.4 is 0 Å². The fraction of sp³-hybridized carbons (Fsp3) is 0.545. The molecule has 2 aliphatic rings. The van der Waals surface area contributed by atoms with Gasteiger partial charge in [0.15, 0.2) is 0 Å². The van der Waals surface area contributed by atoms with Gasteiger partial charge in [0.1, 0.15) is 0 Å². The molecule has 144 valence electrons. The first kappa shape index (κ1) is 18.2. The van der Waals surface area contributed by atoms with Crippen molar-refractivity contribution in [3.05, 3.63) is 54.1 Å². The molecule has 4 rings (SSSR count). The molecule has 1 amide bonds. The summed E-state index contributed by atoms with van der Waals surface area (Å²) in [6.07, 6.45) is 11.4. The average Bonchev–Trinajstić information content (AvgIpc) is 3.04. The summed E-state index contributed by atoms with van der Waals surface area (Å²) >= 11 is 0. The zero-order valence-electron chi connectivity index (χ0n) is 16.3. The van der Waals surface area contributed by atoms with E-state index in [4.69, 9.17) is 0 Å². The van der Waals surface area contributed by atoms with Crippen molar-refractivity contribution in [2.45, 2.75) is 51.2 Å². The standard InChI is InChI=1S/C22H30N4O/c1-24-12-4-9-20(24)16-25-13-5-10-21(17-25)26(22(27)19-7-2-8-19)15-18-6-3-11-23-14-18/h3-4,6,9,11-12,14,19,21H,2,5,7-8,10,13,15-17H2,1H3. The summed E-state index contributed by atoms with van der Waals surface area (Å²) < 4.78 is 2.19. The molecule has 3 heterocycles. The molecule has 2 aromatic heterocycles. The van der Waals surface area contributed by atoms with Crippen LogP contribution in [0.15, 0.2) is 42.9 Å². The number of pyridine rings is 1.